The first-order valence-electron chi connectivity index (χ1n) is 6.97. The molecule has 3 nitrogen and oxygen atoms in total. The lowest BCUT2D eigenvalue weighted by Gasteiger charge is -2.11. The van der Waals surface area contributed by atoms with Crippen molar-refractivity contribution in [3.63, 3.8) is 0 Å². The third-order valence-corrected chi connectivity index (χ3v) is 3.08. The lowest BCUT2D eigenvalue weighted by atomic mass is 10.0. The molecule has 0 amide bonds. The van der Waals surface area contributed by atoms with Crippen molar-refractivity contribution in [2.75, 3.05) is 19.0 Å². The van der Waals surface area contributed by atoms with Crippen LogP contribution in [0.3, 0.4) is 0 Å². The van der Waals surface area contributed by atoms with Crippen LogP contribution < -0.4 is 4.90 Å². The topological polar surface area (TPSA) is 37.4 Å². The molecule has 1 aromatic rings. The molecule has 0 spiro atoms. The number of hydrogen-bond acceptors (Lipinski definition) is 3. The van der Waals surface area contributed by atoms with Gasteiger partial charge in [-0.25, -0.2) is 0 Å². The Morgan fingerprint density at radius 1 is 1.13 bits per heavy atom. The van der Waals surface area contributed by atoms with Gasteiger partial charge in [-0.15, -0.1) is 0 Å². The Bertz CT molecular complexity index is 626. The van der Waals surface area contributed by atoms with Crippen LogP contribution in [-0.4, -0.2) is 31.8 Å². The van der Waals surface area contributed by atoms with Crippen LogP contribution in [0.2, 0.25) is 0 Å². The van der Waals surface area contributed by atoms with Crippen molar-refractivity contribution < 1.29 is 22.8 Å². The highest BCUT2D eigenvalue weighted by Gasteiger charge is 2.42. The van der Waals surface area contributed by atoms with E-state index >= 15 is 0 Å². The average Bonchev–Trinajstić information content (AvgIpc) is 2.49. The quantitative estimate of drug-likeness (QED) is 0.345. The molecule has 23 heavy (non-hydrogen) atoms. The maximum absolute atomic E-state index is 12.5. The van der Waals surface area contributed by atoms with Crippen molar-refractivity contribution in [1.29, 1.82) is 0 Å². The first-order chi connectivity index (χ1) is 10.7. The van der Waals surface area contributed by atoms with Crippen LogP contribution in [0.4, 0.5) is 18.9 Å². The number of hydrogen-bond donors (Lipinski definition) is 0. The summed E-state index contributed by atoms with van der Waals surface area (Å²) in [4.78, 5) is 24.7. The van der Waals surface area contributed by atoms with Crippen LogP contribution in [0, 0.1) is 0 Å². The molecule has 0 saturated heterocycles. The highest BCUT2D eigenvalue weighted by Crippen LogP contribution is 2.22. The third-order valence-electron chi connectivity index (χ3n) is 3.08. The summed E-state index contributed by atoms with van der Waals surface area (Å²) in [6.07, 6.45) is -1.50. The van der Waals surface area contributed by atoms with Crippen molar-refractivity contribution >= 4 is 23.3 Å². The summed E-state index contributed by atoms with van der Waals surface area (Å²) in [5.41, 5.74) is 0.877. The number of ketones is 2. The van der Waals surface area contributed by atoms with Gasteiger partial charge >= 0.3 is 6.18 Å². The van der Waals surface area contributed by atoms with Crippen molar-refractivity contribution in [3.8, 4) is 0 Å². The third kappa shape index (κ3) is 5.39. The van der Waals surface area contributed by atoms with Crippen molar-refractivity contribution in [2.24, 2.45) is 0 Å². The Balaban J connectivity index is 3.00. The van der Waals surface area contributed by atoms with E-state index in [4.69, 9.17) is 0 Å². The van der Waals surface area contributed by atoms with Crippen LogP contribution >= 0.6 is 0 Å². The zero-order valence-electron chi connectivity index (χ0n) is 13.1. The van der Waals surface area contributed by atoms with Crippen LogP contribution in [0.15, 0.2) is 42.0 Å². The van der Waals surface area contributed by atoms with Gasteiger partial charge in [-0.05, 0) is 23.8 Å². The maximum atomic E-state index is 12.5. The number of allylic oxidation sites excluding steroid dienone is 3. The minimum absolute atomic E-state index is 0.168. The molecule has 6 heteroatoms. The van der Waals surface area contributed by atoms with Crippen LogP contribution in [0.5, 0.6) is 0 Å². The first kappa shape index (κ1) is 18.7. The summed E-state index contributed by atoms with van der Waals surface area (Å²) in [5, 5.41) is 0. The summed E-state index contributed by atoms with van der Waals surface area (Å²) in [6, 6.07) is 7.27. The number of carbonyl (C=O) groups is 2. The number of nitrogens with zero attached hydrogens (tertiary/aromatic N) is 1. The molecule has 0 aromatic heterocycles. The summed E-state index contributed by atoms with van der Waals surface area (Å²) in [7, 11) is 3.78. The molecule has 0 heterocycles. The van der Waals surface area contributed by atoms with Gasteiger partial charge < -0.3 is 4.90 Å². The van der Waals surface area contributed by atoms with E-state index in [1.54, 1.807) is 12.1 Å². The highest BCUT2D eigenvalue weighted by atomic mass is 19.4. The van der Waals surface area contributed by atoms with E-state index in [0.717, 1.165) is 17.3 Å². The van der Waals surface area contributed by atoms with E-state index in [2.05, 4.69) is 0 Å². The highest BCUT2D eigenvalue weighted by molar-refractivity contribution is 6.22. The summed E-state index contributed by atoms with van der Waals surface area (Å²) >= 11 is 0. The van der Waals surface area contributed by atoms with Gasteiger partial charge in [0.15, 0.2) is 5.78 Å². The Hall–Kier alpha value is -2.37. The second-order valence-corrected chi connectivity index (χ2v) is 5.03. The normalized spacial score (nSPS) is 12.5. The SMILES string of the molecule is CCC(=O)C(=CC=Cc1ccc(N(C)C)cc1)C(=O)C(F)(F)F. The van der Waals surface area contributed by atoms with Gasteiger partial charge in [-0.3, -0.25) is 9.59 Å². The van der Waals surface area contributed by atoms with E-state index in [1.807, 2.05) is 31.1 Å². The number of rotatable bonds is 6. The molecular weight excluding hydrogens is 307 g/mol. The maximum Gasteiger partial charge on any atom is 0.455 e. The lowest BCUT2D eigenvalue weighted by molar-refractivity contribution is -0.167. The summed E-state index contributed by atoms with van der Waals surface area (Å²) in [6.45, 7) is 1.41. The molecule has 0 aliphatic rings. The number of benzene rings is 1. The molecule has 0 saturated carbocycles. The smallest absolute Gasteiger partial charge is 0.378 e. The standard InChI is InChI=1S/C17H18F3NO2/c1-4-15(22)14(16(23)17(18,19)20)7-5-6-12-8-10-13(11-9-12)21(2)3/h5-11H,4H2,1-3H3. The molecule has 1 rings (SSSR count). The van der Waals surface area contributed by atoms with Gasteiger partial charge in [0.25, 0.3) is 5.78 Å². The molecule has 0 atom stereocenters. The molecular formula is C17H18F3NO2. The minimum atomic E-state index is -5.06. The van der Waals surface area contributed by atoms with Crippen molar-refractivity contribution in [1.82, 2.24) is 0 Å². The van der Waals surface area contributed by atoms with Gasteiger partial charge in [-0.2, -0.15) is 13.2 Å². The van der Waals surface area contributed by atoms with Gasteiger partial charge in [0.2, 0.25) is 0 Å². The lowest BCUT2D eigenvalue weighted by Crippen LogP contribution is -2.28. The minimum Gasteiger partial charge on any atom is -0.378 e. The van der Waals surface area contributed by atoms with Crippen LogP contribution in [0.25, 0.3) is 6.08 Å². The molecule has 0 unspecified atom stereocenters. The number of halogens is 3. The zero-order valence-corrected chi connectivity index (χ0v) is 13.1. The largest absolute Gasteiger partial charge is 0.455 e. The van der Waals surface area contributed by atoms with E-state index in [9.17, 15) is 22.8 Å². The summed E-state index contributed by atoms with van der Waals surface area (Å²) < 4.78 is 37.5. The molecule has 0 bridgehead atoms. The Morgan fingerprint density at radius 3 is 2.13 bits per heavy atom. The van der Waals surface area contributed by atoms with Gasteiger partial charge in [0, 0.05) is 26.2 Å². The monoisotopic (exact) mass is 325 g/mol. The fraction of sp³-hybridized carbons (Fsp3) is 0.294. The Labute approximate surface area is 133 Å². The van der Waals surface area contributed by atoms with E-state index in [-0.39, 0.29) is 6.42 Å². The fourth-order valence-corrected chi connectivity index (χ4v) is 1.78. The number of carbonyl (C=O) groups excluding carboxylic acids is 2. The van der Waals surface area contributed by atoms with Crippen molar-refractivity contribution in [2.45, 2.75) is 19.5 Å². The molecule has 124 valence electrons. The number of Topliss-reactive ketones (excluding diaryl/α,β-unsaturated/α-hetero) is 2. The molecule has 0 aliphatic heterocycles. The summed E-state index contributed by atoms with van der Waals surface area (Å²) in [5.74, 6) is -2.95. The predicted octanol–water partition coefficient (Wildman–Crippen LogP) is 3.80. The van der Waals surface area contributed by atoms with Gasteiger partial charge in [-0.1, -0.05) is 31.2 Å². The molecule has 0 N–H and O–H groups in total. The zero-order chi connectivity index (χ0) is 17.6. The van der Waals surface area contributed by atoms with Crippen LogP contribution in [0.1, 0.15) is 18.9 Å². The van der Waals surface area contributed by atoms with E-state index < -0.39 is 23.3 Å². The predicted molar refractivity (Wildman–Crippen MR) is 84.2 cm³/mol. The van der Waals surface area contributed by atoms with E-state index in [0.29, 0.717) is 0 Å². The molecule has 0 aliphatic carbocycles. The first-order valence-corrected chi connectivity index (χ1v) is 6.97. The Kier molecular flexibility index (Phi) is 6.30. The van der Waals surface area contributed by atoms with E-state index in [1.165, 1.54) is 19.1 Å². The van der Waals surface area contributed by atoms with Gasteiger partial charge in [0.1, 0.15) is 0 Å². The molecule has 1 aromatic carbocycles. The second-order valence-electron chi connectivity index (χ2n) is 5.03. The fourth-order valence-electron chi connectivity index (χ4n) is 1.78. The van der Waals surface area contributed by atoms with Crippen LogP contribution in [-0.2, 0) is 9.59 Å². The number of alkyl halides is 3. The van der Waals surface area contributed by atoms with Gasteiger partial charge in [0.05, 0.1) is 5.57 Å². The second kappa shape index (κ2) is 7.76. The number of anilines is 1. The molecule has 0 fully saturated rings. The average molecular weight is 325 g/mol. The molecule has 0 radical (unpaired) electrons. The Morgan fingerprint density at radius 2 is 1.70 bits per heavy atom. The van der Waals surface area contributed by atoms with Crippen molar-refractivity contribution in [3.05, 3.63) is 47.6 Å².